The molecule has 5 heterocycles. The van der Waals surface area contributed by atoms with Crippen LogP contribution in [0.3, 0.4) is 0 Å². The van der Waals surface area contributed by atoms with Gasteiger partial charge in [-0.05, 0) is 124 Å². The molecule has 0 aliphatic rings. The number of fused-ring (bicyclic) bond motifs is 5. The molecule has 0 bridgehead atoms. The predicted molar refractivity (Wildman–Crippen MR) is 246 cm³/mol. The Kier molecular flexibility index (Phi) is 12.8. The van der Waals surface area contributed by atoms with Crippen molar-refractivity contribution in [3.63, 3.8) is 0 Å². The highest BCUT2D eigenvalue weighted by molar-refractivity contribution is 9.10. The van der Waals surface area contributed by atoms with Gasteiger partial charge >= 0.3 is 0 Å². The van der Waals surface area contributed by atoms with E-state index in [1.807, 2.05) is 24.3 Å². The van der Waals surface area contributed by atoms with E-state index in [4.69, 9.17) is 5.73 Å². The number of nitrogens with zero attached hydrogens (tertiary/aromatic N) is 6. The summed E-state index contributed by atoms with van der Waals surface area (Å²) in [6.45, 7) is 0. The van der Waals surface area contributed by atoms with Crippen LogP contribution in [0.1, 0.15) is 0 Å². The van der Waals surface area contributed by atoms with Crippen molar-refractivity contribution in [1.29, 1.82) is 0 Å². The standard InChI is InChI=1S/C16H12N4O3S.C10H10N2O2S.C10H9NO3S.C6H3BrN2O/c1-24(21,22)11-3-5-13-12(9-11)14(6-7-17-13)18-10-2-4-15-16(8-10)20-23-19-15;1-15(13,14)7-2-3-10-8(6-7)9(11)4-5-12-10;1-15(13,14)7-2-3-9-8(6-7)10(12)4-5-11-9;7-4-1-2-5-6(3-4)9-10-8-5/h2-9H,1H3,(H,17,18);2-6H,1H3,(H2,11,12);2-6H,1H3,(H,11,12);1-3H. The van der Waals surface area contributed by atoms with Crippen LogP contribution in [-0.2, 0) is 29.5 Å². The van der Waals surface area contributed by atoms with E-state index < -0.39 is 29.5 Å². The predicted octanol–water partition coefficient (Wildman–Crippen LogP) is 7.06. The van der Waals surface area contributed by atoms with Gasteiger partial charge in [-0.25, -0.2) is 34.5 Å². The van der Waals surface area contributed by atoms with E-state index in [0.717, 1.165) is 38.5 Å². The van der Waals surface area contributed by atoms with Crippen molar-refractivity contribution in [1.82, 2.24) is 35.6 Å². The molecule has 10 aromatic rings. The molecule has 5 aromatic heterocycles. The highest BCUT2D eigenvalue weighted by Crippen LogP contribution is 2.29. The number of halogens is 1. The van der Waals surface area contributed by atoms with Crippen LogP contribution in [0.25, 0.3) is 54.8 Å². The molecule has 10 rings (SSSR count). The Hall–Kier alpha value is -7.14. The maximum Gasteiger partial charge on any atom is 0.189 e. The van der Waals surface area contributed by atoms with Crippen LogP contribution in [0.4, 0.5) is 17.1 Å². The Morgan fingerprint density at radius 2 is 1.05 bits per heavy atom. The first-order valence-corrected chi connectivity index (χ1v) is 24.9. The van der Waals surface area contributed by atoms with E-state index in [1.165, 1.54) is 43.0 Å². The summed E-state index contributed by atoms with van der Waals surface area (Å²) in [5, 5.41) is 19.9. The van der Waals surface area contributed by atoms with Crippen molar-refractivity contribution >= 4 is 117 Å². The number of benzene rings is 5. The van der Waals surface area contributed by atoms with Crippen molar-refractivity contribution < 1.29 is 34.5 Å². The molecule has 22 heteroatoms. The van der Waals surface area contributed by atoms with Gasteiger partial charge in [0.15, 0.2) is 34.9 Å². The highest BCUT2D eigenvalue weighted by Gasteiger charge is 2.12. The molecule has 326 valence electrons. The maximum absolute atomic E-state index is 11.8. The fourth-order valence-electron chi connectivity index (χ4n) is 5.99. The summed E-state index contributed by atoms with van der Waals surface area (Å²) in [4.78, 5) is 23.4. The third-order valence-electron chi connectivity index (χ3n) is 9.22. The molecule has 4 N–H and O–H groups in total. The lowest BCUT2D eigenvalue weighted by Crippen LogP contribution is -2.03. The Balaban J connectivity index is 0.000000134. The lowest BCUT2D eigenvalue weighted by Gasteiger charge is -2.10. The smallest absolute Gasteiger partial charge is 0.189 e. The average Bonchev–Trinajstić information content (AvgIpc) is 3.93. The Labute approximate surface area is 372 Å². The first kappa shape index (κ1) is 44.9. The van der Waals surface area contributed by atoms with Gasteiger partial charge < -0.3 is 16.0 Å². The number of aromatic amines is 1. The quantitative estimate of drug-likeness (QED) is 0.156. The van der Waals surface area contributed by atoms with E-state index in [0.29, 0.717) is 44.0 Å². The number of rotatable bonds is 5. The van der Waals surface area contributed by atoms with Crippen LogP contribution in [0.15, 0.2) is 161 Å². The molecular formula is C42H34BrN9O9S3. The van der Waals surface area contributed by atoms with Crippen molar-refractivity contribution in [2.24, 2.45) is 0 Å². The van der Waals surface area contributed by atoms with Gasteiger partial charge in [0.25, 0.3) is 0 Å². The number of nitrogens with two attached hydrogens (primary N) is 1. The van der Waals surface area contributed by atoms with Crippen molar-refractivity contribution in [2.45, 2.75) is 14.7 Å². The molecule has 5 aromatic carbocycles. The van der Waals surface area contributed by atoms with Gasteiger partial charge in [-0.2, -0.15) is 0 Å². The lowest BCUT2D eigenvalue weighted by atomic mass is 10.1. The molecule has 0 amide bonds. The third kappa shape index (κ3) is 10.7. The van der Waals surface area contributed by atoms with E-state index in [-0.39, 0.29) is 20.1 Å². The first-order valence-electron chi connectivity index (χ1n) is 18.5. The van der Waals surface area contributed by atoms with Gasteiger partial charge in [-0.3, -0.25) is 14.8 Å². The first-order chi connectivity index (χ1) is 30.3. The zero-order chi connectivity index (χ0) is 45.8. The number of aromatic nitrogens is 7. The second-order valence-electron chi connectivity index (χ2n) is 14.0. The van der Waals surface area contributed by atoms with E-state index in [1.54, 1.807) is 73.1 Å². The monoisotopic (exact) mass is 983 g/mol. The molecule has 0 unspecified atom stereocenters. The van der Waals surface area contributed by atoms with Crippen LogP contribution in [0.5, 0.6) is 0 Å². The zero-order valence-electron chi connectivity index (χ0n) is 33.7. The van der Waals surface area contributed by atoms with Crippen LogP contribution >= 0.6 is 15.9 Å². The molecule has 0 spiro atoms. The maximum atomic E-state index is 11.8. The molecule has 64 heavy (non-hydrogen) atoms. The molecule has 0 fully saturated rings. The fourth-order valence-corrected chi connectivity index (χ4v) is 8.28. The van der Waals surface area contributed by atoms with Gasteiger partial charge in [0.2, 0.25) is 0 Å². The Bertz CT molecular complexity index is 3770. The van der Waals surface area contributed by atoms with E-state index >= 15 is 0 Å². The summed E-state index contributed by atoms with van der Waals surface area (Å²) in [5.74, 6) is 0. The normalized spacial score (nSPS) is 11.6. The van der Waals surface area contributed by atoms with Crippen LogP contribution in [0, 0.1) is 0 Å². The second-order valence-corrected chi connectivity index (χ2v) is 20.9. The Morgan fingerprint density at radius 3 is 1.67 bits per heavy atom. The molecule has 0 radical (unpaired) electrons. The summed E-state index contributed by atoms with van der Waals surface area (Å²) in [6, 6.07) is 29.9. The summed E-state index contributed by atoms with van der Waals surface area (Å²) < 4.78 is 79.0. The molecular weight excluding hydrogens is 951 g/mol. The van der Waals surface area contributed by atoms with Crippen molar-refractivity contribution in [2.75, 3.05) is 29.8 Å². The SMILES string of the molecule is Brc1ccc2nonc2c1.CS(=O)(=O)c1ccc2[nH]ccc(=O)c2c1.CS(=O)(=O)c1ccc2nccc(N)c2c1.CS(=O)(=O)c1ccc2nccc(Nc3ccc4nonc4c3)c2c1. The number of nitrogen functional groups attached to an aromatic ring is 1. The average molecular weight is 985 g/mol. The number of anilines is 3. The lowest BCUT2D eigenvalue weighted by molar-refractivity contribution is 0.315. The number of hydrogen-bond donors (Lipinski definition) is 3. The molecule has 18 nitrogen and oxygen atoms in total. The second kappa shape index (κ2) is 18.3. The fraction of sp³-hybridized carbons (Fsp3) is 0.0714. The topological polar surface area (TPSA) is 277 Å². The number of hydrogen-bond acceptors (Lipinski definition) is 17. The van der Waals surface area contributed by atoms with Crippen LogP contribution in [-0.4, -0.2) is 79.6 Å². The summed E-state index contributed by atoms with van der Waals surface area (Å²) in [7, 11) is -9.75. The van der Waals surface area contributed by atoms with Crippen LogP contribution in [0.2, 0.25) is 0 Å². The molecule has 0 saturated heterocycles. The number of sulfone groups is 3. The van der Waals surface area contributed by atoms with Gasteiger partial charge in [-0.15, -0.1) is 0 Å². The number of pyridine rings is 3. The van der Waals surface area contributed by atoms with Gasteiger partial charge in [-0.1, -0.05) is 15.9 Å². The Morgan fingerprint density at radius 1 is 0.547 bits per heavy atom. The summed E-state index contributed by atoms with van der Waals surface area (Å²) >= 11 is 3.31. The van der Waals surface area contributed by atoms with Gasteiger partial charge in [0.1, 0.15) is 22.1 Å². The molecule has 0 atom stereocenters. The molecule has 0 aliphatic carbocycles. The van der Waals surface area contributed by atoms with Crippen molar-refractivity contribution in [3.8, 4) is 0 Å². The third-order valence-corrected chi connectivity index (χ3v) is 13.0. The van der Waals surface area contributed by atoms with E-state index in [2.05, 4.69) is 66.1 Å². The molecule has 0 aliphatic heterocycles. The minimum absolute atomic E-state index is 0.159. The van der Waals surface area contributed by atoms with Gasteiger partial charge in [0.05, 0.1) is 25.7 Å². The van der Waals surface area contributed by atoms with E-state index in [9.17, 15) is 30.0 Å². The highest BCUT2D eigenvalue weighted by atomic mass is 79.9. The van der Waals surface area contributed by atoms with Crippen molar-refractivity contribution in [3.05, 3.63) is 142 Å². The zero-order valence-corrected chi connectivity index (χ0v) is 37.7. The largest absolute Gasteiger partial charge is 0.398 e. The minimum atomic E-state index is -3.29. The van der Waals surface area contributed by atoms with Gasteiger partial charge in [0, 0.05) is 86.6 Å². The number of nitrogens with one attached hydrogen (secondary N) is 2. The summed E-state index contributed by atoms with van der Waals surface area (Å²) in [6.07, 6.45) is 8.26. The molecule has 0 saturated carbocycles. The minimum Gasteiger partial charge on any atom is -0.398 e. The number of H-pyrrole nitrogens is 1. The van der Waals surface area contributed by atoms with Crippen LogP contribution < -0.4 is 16.5 Å². The summed E-state index contributed by atoms with van der Waals surface area (Å²) in [5.41, 5.74) is 12.5.